The van der Waals surface area contributed by atoms with Crippen molar-refractivity contribution in [2.45, 2.75) is 38.1 Å². The fourth-order valence-electron chi connectivity index (χ4n) is 3.43. The number of amides is 2. The highest BCUT2D eigenvalue weighted by atomic mass is 35.5. The molecule has 8 heteroatoms. The highest BCUT2D eigenvalue weighted by Crippen LogP contribution is 2.31. The van der Waals surface area contributed by atoms with Crippen LogP contribution in [0.3, 0.4) is 0 Å². The van der Waals surface area contributed by atoms with Gasteiger partial charge in [0.25, 0.3) is 5.69 Å². The Balaban J connectivity index is 1.68. The zero-order chi connectivity index (χ0) is 17.3. The Morgan fingerprint density at radius 2 is 2.04 bits per heavy atom. The number of rotatable bonds is 4. The average Bonchev–Trinajstić information content (AvgIpc) is 3.18. The molecule has 1 heterocycles. The maximum absolute atomic E-state index is 12.4. The molecule has 1 atom stereocenters. The molecule has 3 rings (SSSR count). The smallest absolute Gasteiger partial charge is 0.271 e. The molecular formula is C16H18ClN3O4. The van der Waals surface area contributed by atoms with E-state index in [-0.39, 0.29) is 40.7 Å². The van der Waals surface area contributed by atoms with Crippen LogP contribution in [0.25, 0.3) is 0 Å². The Hall–Kier alpha value is -2.15. The first-order valence-corrected chi connectivity index (χ1v) is 8.38. The molecule has 1 unspecified atom stereocenters. The molecule has 1 aromatic rings. The molecule has 1 aliphatic carbocycles. The summed E-state index contributed by atoms with van der Waals surface area (Å²) < 4.78 is 0. The van der Waals surface area contributed by atoms with Crippen molar-refractivity contribution in [3.05, 3.63) is 33.3 Å². The monoisotopic (exact) mass is 351 g/mol. The predicted molar refractivity (Wildman–Crippen MR) is 88.8 cm³/mol. The van der Waals surface area contributed by atoms with Gasteiger partial charge in [0, 0.05) is 31.1 Å². The first-order chi connectivity index (χ1) is 11.5. The molecule has 24 heavy (non-hydrogen) atoms. The highest BCUT2D eigenvalue weighted by molar-refractivity contribution is 6.33. The molecule has 0 spiro atoms. The number of anilines is 1. The molecule has 1 N–H and O–H groups in total. The molecule has 1 aromatic carbocycles. The van der Waals surface area contributed by atoms with Crippen LogP contribution in [0.15, 0.2) is 18.2 Å². The van der Waals surface area contributed by atoms with E-state index in [1.54, 1.807) is 0 Å². The van der Waals surface area contributed by atoms with Crippen LogP contribution >= 0.6 is 11.6 Å². The number of nitro benzene ring substituents is 1. The van der Waals surface area contributed by atoms with E-state index in [1.807, 2.05) is 4.90 Å². The summed E-state index contributed by atoms with van der Waals surface area (Å²) in [7, 11) is 0. The first kappa shape index (κ1) is 16.7. The van der Waals surface area contributed by atoms with Crippen molar-refractivity contribution in [3.8, 4) is 0 Å². The van der Waals surface area contributed by atoms with Gasteiger partial charge in [0.2, 0.25) is 11.8 Å². The Morgan fingerprint density at radius 1 is 1.33 bits per heavy atom. The molecule has 2 fully saturated rings. The van der Waals surface area contributed by atoms with Gasteiger partial charge in [0.15, 0.2) is 0 Å². The molecule has 2 aliphatic rings. The van der Waals surface area contributed by atoms with Gasteiger partial charge >= 0.3 is 0 Å². The number of carbonyl (C=O) groups excluding carboxylic acids is 2. The zero-order valence-electron chi connectivity index (χ0n) is 13.0. The van der Waals surface area contributed by atoms with E-state index >= 15 is 0 Å². The molecule has 2 amide bonds. The number of nitro groups is 1. The van der Waals surface area contributed by atoms with E-state index in [9.17, 15) is 19.7 Å². The second kappa shape index (κ2) is 6.76. The predicted octanol–water partition coefficient (Wildman–Crippen LogP) is 2.98. The molecular weight excluding hydrogens is 334 g/mol. The Labute approximate surface area is 144 Å². The SMILES string of the molecule is O=C(Nc1cc([N+](=O)[O-])ccc1Cl)C1CC(=O)N(C2CCCC2)C1. The summed E-state index contributed by atoms with van der Waals surface area (Å²) in [6.07, 6.45) is 4.41. The summed E-state index contributed by atoms with van der Waals surface area (Å²) in [5.74, 6) is -0.771. The lowest BCUT2D eigenvalue weighted by Crippen LogP contribution is -2.35. The molecule has 1 saturated heterocycles. The summed E-state index contributed by atoms with van der Waals surface area (Å²) in [6, 6.07) is 4.13. The fourth-order valence-corrected chi connectivity index (χ4v) is 3.60. The number of nitrogens with one attached hydrogen (secondary N) is 1. The van der Waals surface area contributed by atoms with E-state index in [0.717, 1.165) is 25.7 Å². The van der Waals surface area contributed by atoms with Gasteiger partial charge in [-0.05, 0) is 18.9 Å². The van der Waals surface area contributed by atoms with Gasteiger partial charge in [0.1, 0.15) is 0 Å². The van der Waals surface area contributed by atoms with Gasteiger partial charge in [-0.1, -0.05) is 24.4 Å². The molecule has 7 nitrogen and oxygen atoms in total. The third-order valence-electron chi connectivity index (χ3n) is 4.71. The number of nitrogens with zero attached hydrogens (tertiary/aromatic N) is 2. The van der Waals surface area contributed by atoms with Crippen LogP contribution in [-0.2, 0) is 9.59 Å². The minimum absolute atomic E-state index is 0.00666. The van der Waals surface area contributed by atoms with E-state index in [2.05, 4.69) is 5.32 Å². The standard InChI is InChI=1S/C16H18ClN3O4/c17-13-6-5-12(20(23)24)8-14(13)18-16(22)10-7-15(21)19(9-10)11-3-1-2-4-11/h5-6,8,10-11H,1-4,7,9H2,(H,18,22). The Bertz CT molecular complexity index is 688. The first-order valence-electron chi connectivity index (χ1n) is 8.00. The number of non-ortho nitro benzene ring substituents is 1. The van der Waals surface area contributed by atoms with Crippen LogP contribution in [0, 0.1) is 16.0 Å². The molecule has 0 radical (unpaired) electrons. The largest absolute Gasteiger partial charge is 0.339 e. The fraction of sp³-hybridized carbons (Fsp3) is 0.500. The topological polar surface area (TPSA) is 92.5 Å². The minimum Gasteiger partial charge on any atom is -0.339 e. The lowest BCUT2D eigenvalue weighted by molar-refractivity contribution is -0.384. The molecule has 128 valence electrons. The van der Waals surface area contributed by atoms with Crippen molar-refractivity contribution >= 4 is 34.8 Å². The van der Waals surface area contributed by atoms with Crippen LogP contribution in [-0.4, -0.2) is 34.2 Å². The van der Waals surface area contributed by atoms with Gasteiger partial charge in [-0.3, -0.25) is 19.7 Å². The van der Waals surface area contributed by atoms with Gasteiger partial charge < -0.3 is 10.2 Å². The van der Waals surface area contributed by atoms with Gasteiger partial charge in [-0.25, -0.2) is 0 Å². The number of likely N-dealkylation sites (tertiary alicyclic amines) is 1. The maximum Gasteiger partial charge on any atom is 0.271 e. The summed E-state index contributed by atoms with van der Waals surface area (Å²) in [4.78, 5) is 36.7. The van der Waals surface area contributed by atoms with E-state index in [0.29, 0.717) is 6.54 Å². The summed E-state index contributed by atoms with van der Waals surface area (Å²) in [5.41, 5.74) is 0.0485. The molecule has 0 bridgehead atoms. The molecule has 1 saturated carbocycles. The Kier molecular flexibility index (Phi) is 4.71. The van der Waals surface area contributed by atoms with Crippen molar-refractivity contribution in [1.82, 2.24) is 4.90 Å². The quantitative estimate of drug-likeness (QED) is 0.666. The normalized spacial score (nSPS) is 21.3. The number of halogens is 1. The summed E-state index contributed by atoms with van der Waals surface area (Å²) >= 11 is 6.00. The van der Waals surface area contributed by atoms with Crippen LogP contribution in [0.1, 0.15) is 32.1 Å². The second-order valence-electron chi connectivity index (χ2n) is 6.30. The van der Waals surface area contributed by atoms with Crippen LogP contribution in [0.4, 0.5) is 11.4 Å². The van der Waals surface area contributed by atoms with Crippen LogP contribution in [0.2, 0.25) is 5.02 Å². The van der Waals surface area contributed by atoms with Gasteiger partial charge in [0.05, 0.1) is 21.6 Å². The molecule has 1 aliphatic heterocycles. The van der Waals surface area contributed by atoms with E-state index in [4.69, 9.17) is 11.6 Å². The van der Waals surface area contributed by atoms with Crippen LogP contribution in [0.5, 0.6) is 0 Å². The average molecular weight is 352 g/mol. The van der Waals surface area contributed by atoms with E-state index in [1.165, 1.54) is 18.2 Å². The second-order valence-corrected chi connectivity index (χ2v) is 6.70. The third-order valence-corrected chi connectivity index (χ3v) is 5.04. The Morgan fingerprint density at radius 3 is 2.71 bits per heavy atom. The maximum atomic E-state index is 12.4. The molecule has 0 aromatic heterocycles. The lowest BCUT2D eigenvalue weighted by atomic mass is 10.1. The minimum atomic E-state index is -0.549. The van der Waals surface area contributed by atoms with Gasteiger partial charge in [-0.15, -0.1) is 0 Å². The van der Waals surface area contributed by atoms with Crippen molar-refractivity contribution < 1.29 is 14.5 Å². The van der Waals surface area contributed by atoms with Crippen molar-refractivity contribution in [3.63, 3.8) is 0 Å². The number of benzene rings is 1. The van der Waals surface area contributed by atoms with E-state index < -0.39 is 10.8 Å². The third kappa shape index (κ3) is 3.36. The van der Waals surface area contributed by atoms with Crippen molar-refractivity contribution in [2.24, 2.45) is 5.92 Å². The lowest BCUT2D eigenvalue weighted by Gasteiger charge is -2.23. The zero-order valence-corrected chi connectivity index (χ0v) is 13.8. The number of carbonyl (C=O) groups is 2. The number of hydrogen-bond acceptors (Lipinski definition) is 4. The summed E-state index contributed by atoms with van der Waals surface area (Å²) in [5, 5.41) is 13.7. The van der Waals surface area contributed by atoms with Gasteiger partial charge in [-0.2, -0.15) is 0 Å². The summed E-state index contributed by atoms with van der Waals surface area (Å²) in [6.45, 7) is 0.405. The van der Waals surface area contributed by atoms with Crippen molar-refractivity contribution in [2.75, 3.05) is 11.9 Å². The number of hydrogen-bond donors (Lipinski definition) is 1. The van der Waals surface area contributed by atoms with Crippen LogP contribution < -0.4 is 5.32 Å². The van der Waals surface area contributed by atoms with Crippen molar-refractivity contribution in [1.29, 1.82) is 0 Å². The highest BCUT2D eigenvalue weighted by Gasteiger charge is 2.38.